The highest BCUT2D eigenvalue weighted by atomic mass is 16.5. The molecule has 0 fully saturated rings. The average molecular weight is 284 g/mol. The zero-order valence-electron chi connectivity index (χ0n) is 11.1. The summed E-state index contributed by atoms with van der Waals surface area (Å²) in [5, 5.41) is 23.2. The summed E-state index contributed by atoms with van der Waals surface area (Å²) in [4.78, 5) is 11.2. The van der Waals surface area contributed by atoms with Gasteiger partial charge in [-0.05, 0) is 36.4 Å². The van der Waals surface area contributed by atoms with Gasteiger partial charge in [0.2, 0.25) is 0 Å². The Hall–Kier alpha value is -3.02. The Morgan fingerprint density at radius 2 is 1.95 bits per heavy atom. The van der Waals surface area contributed by atoms with Crippen LogP contribution in [0.5, 0.6) is 17.2 Å². The van der Waals surface area contributed by atoms with Crippen LogP contribution in [0.3, 0.4) is 0 Å². The monoisotopic (exact) mass is 284 g/mol. The molecule has 0 saturated heterocycles. The molecule has 2 aromatic carbocycles. The summed E-state index contributed by atoms with van der Waals surface area (Å²) < 4.78 is 7.36. The molecule has 6 heteroatoms. The number of aromatic carboxylic acids is 1. The summed E-state index contributed by atoms with van der Waals surface area (Å²) in [5.41, 5.74) is 0.831. The number of aromatic nitrogens is 2. The molecule has 106 valence electrons. The first kappa shape index (κ1) is 13.0. The Bertz CT molecular complexity index is 822. The first-order valence-electron chi connectivity index (χ1n) is 6.20. The lowest BCUT2D eigenvalue weighted by molar-refractivity contribution is 0.0696. The molecular weight excluding hydrogens is 272 g/mol. The zero-order valence-corrected chi connectivity index (χ0v) is 11.1. The van der Waals surface area contributed by atoms with E-state index in [4.69, 9.17) is 9.84 Å². The number of benzene rings is 2. The number of hydrogen-bond acceptors (Lipinski definition) is 4. The molecule has 0 radical (unpaired) electrons. The normalized spacial score (nSPS) is 10.7. The van der Waals surface area contributed by atoms with Crippen molar-refractivity contribution in [1.82, 2.24) is 9.78 Å². The number of carbonyl (C=O) groups is 1. The largest absolute Gasteiger partial charge is 0.508 e. The maximum absolute atomic E-state index is 11.2. The van der Waals surface area contributed by atoms with Crippen LogP contribution in [0.1, 0.15) is 10.4 Å². The summed E-state index contributed by atoms with van der Waals surface area (Å²) in [6.07, 6.45) is 1.59. The van der Waals surface area contributed by atoms with Crippen molar-refractivity contribution in [1.29, 1.82) is 0 Å². The van der Waals surface area contributed by atoms with E-state index in [-0.39, 0.29) is 11.3 Å². The van der Waals surface area contributed by atoms with E-state index in [1.165, 1.54) is 18.2 Å². The Kier molecular flexibility index (Phi) is 2.98. The van der Waals surface area contributed by atoms with Crippen LogP contribution in [-0.4, -0.2) is 26.0 Å². The SMILES string of the molecule is Cn1ncc2cc(C(=O)O)cc(Oc3ccc(O)cc3)c21. The van der Waals surface area contributed by atoms with Crippen molar-refractivity contribution in [2.45, 2.75) is 0 Å². The van der Waals surface area contributed by atoms with Gasteiger partial charge in [0.1, 0.15) is 17.0 Å². The summed E-state index contributed by atoms with van der Waals surface area (Å²) in [5.74, 6) is -0.00273. The van der Waals surface area contributed by atoms with Crippen molar-refractivity contribution in [3.05, 3.63) is 48.2 Å². The minimum Gasteiger partial charge on any atom is -0.508 e. The molecule has 0 amide bonds. The molecule has 6 nitrogen and oxygen atoms in total. The predicted molar refractivity (Wildman–Crippen MR) is 75.9 cm³/mol. The molecule has 0 saturated carbocycles. The molecule has 0 aliphatic carbocycles. The number of aryl methyl sites for hydroxylation is 1. The molecule has 0 aliphatic heterocycles. The molecular formula is C15H12N2O4. The summed E-state index contributed by atoms with van der Waals surface area (Å²) in [7, 11) is 1.76. The van der Waals surface area contributed by atoms with Gasteiger partial charge in [0, 0.05) is 12.4 Å². The third-order valence-electron chi connectivity index (χ3n) is 3.11. The molecule has 1 aromatic heterocycles. The second kappa shape index (κ2) is 4.82. The number of fused-ring (bicyclic) bond motifs is 1. The van der Waals surface area contributed by atoms with Crippen LogP contribution in [0.15, 0.2) is 42.6 Å². The van der Waals surface area contributed by atoms with Gasteiger partial charge in [0.15, 0.2) is 5.75 Å². The van der Waals surface area contributed by atoms with Gasteiger partial charge in [-0.3, -0.25) is 4.68 Å². The lowest BCUT2D eigenvalue weighted by Gasteiger charge is -2.09. The van der Waals surface area contributed by atoms with Crippen molar-refractivity contribution >= 4 is 16.9 Å². The van der Waals surface area contributed by atoms with Crippen LogP contribution in [0.4, 0.5) is 0 Å². The first-order chi connectivity index (χ1) is 10.0. The third kappa shape index (κ3) is 2.38. The maximum atomic E-state index is 11.2. The maximum Gasteiger partial charge on any atom is 0.335 e. The lowest BCUT2D eigenvalue weighted by atomic mass is 10.1. The Morgan fingerprint density at radius 1 is 1.24 bits per heavy atom. The van der Waals surface area contributed by atoms with Crippen molar-refractivity contribution in [3.63, 3.8) is 0 Å². The lowest BCUT2D eigenvalue weighted by Crippen LogP contribution is -1.99. The van der Waals surface area contributed by atoms with E-state index in [9.17, 15) is 9.90 Å². The average Bonchev–Trinajstić information content (AvgIpc) is 2.83. The number of phenolic OH excluding ortho intramolecular Hbond substituents is 1. The summed E-state index contributed by atoms with van der Waals surface area (Å²) in [6.45, 7) is 0. The third-order valence-corrected chi connectivity index (χ3v) is 3.11. The first-order valence-corrected chi connectivity index (χ1v) is 6.20. The number of ether oxygens (including phenoxy) is 1. The van der Waals surface area contributed by atoms with Gasteiger partial charge >= 0.3 is 5.97 Å². The van der Waals surface area contributed by atoms with Gasteiger partial charge in [-0.2, -0.15) is 5.10 Å². The van der Waals surface area contributed by atoms with E-state index in [1.54, 1.807) is 36.1 Å². The van der Waals surface area contributed by atoms with Crippen LogP contribution in [0.2, 0.25) is 0 Å². The standard InChI is InChI=1S/C15H12N2O4/c1-17-14-10(8-16-17)6-9(15(19)20)7-13(14)21-12-4-2-11(18)3-5-12/h2-8,18H,1H3,(H,19,20). The molecule has 0 bridgehead atoms. The number of nitrogens with zero attached hydrogens (tertiary/aromatic N) is 2. The van der Waals surface area contributed by atoms with Crippen molar-refractivity contribution < 1.29 is 19.7 Å². The number of carboxylic acid groups (broad SMARTS) is 1. The Balaban J connectivity index is 2.12. The predicted octanol–water partition coefficient (Wildman–Crippen LogP) is 2.77. The van der Waals surface area contributed by atoms with E-state index in [0.717, 1.165) is 0 Å². The molecule has 3 rings (SSSR count). The molecule has 0 spiro atoms. The quantitative estimate of drug-likeness (QED) is 0.772. The second-order valence-corrected chi connectivity index (χ2v) is 4.58. The zero-order chi connectivity index (χ0) is 15.0. The van der Waals surface area contributed by atoms with Gasteiger partial charge in [-0.1, -0.05) is 0 Å². The van der Waals surface area contributed by atoms with E-state index in [1.807, 2.05) is 0 Å². The molecule has 0 atom stereocenters. The smallest absolute Gasteiger partial charge is 0.335 e. The minimum absolute atomic E-state index is 0.129. The van der Waals surface area contributed by atoms with Gasteiger partial charge in [0.05, 0.1) is 11.8 Å². The van der Waals surface area contributed by atoms with Crippen LogP contribution in [0.25, 0.3) is 10.9 Å². The van der Waals surface area contributed by atoms with Gasteiger partial charge in [0.25, 0.3) is 0 Å². The highest BCUT2D eigenvalue weighted by Crippen LogP contribution is 2.31. The minimum atomic E-state index is -1.03. The Labute approximate surface area is 119 Å². The fourth-order valence-corrected chi connectivity index (χ4v) is 2.12. The molecule has 0 aliphatic rings. The van der Waals surface area contributed by atoms with E-state index in [0.29, 0.717) is 22.4 Å². The molecule has 21 heavy (non-hydrogen) atoms. The van der Waals surface area contributed by atoms with Gasteiger partial charge in [-0.25, -0.2) is 4.79 Å². The van der Waals surface area contributed by atoms with Crippen LogP contribution in [0, 0.1) is 0 Å². The van der Waals surface area contributed by atoms with E-state index < -0.39 is 5.97 Å². The number of carboxylic acids is 1. The van der Waals surface area contributed by atoms with Crippen molar-refractivity contribution in [2.24, 2.45) is 7.05 Å². The number of aromatic hydroxyl groups is 1. The highest BCUT2D eigenvalue weighted by Gasteiger charge is 2.14. The van der Waals surface area contributed by atoms with Gasteiger partial charge < -0.3 is 14.9 Å². The molecule has 3 aromatic rings. The fourth-order valence-electron chi connectivity index (χ4n) is 2.12. The summed E-state index contributed by atoms with van der Waals surface area (Å²) in [6, 6.07) is 9.21. The van der Waals surface area contributed by atoms with Crippen LogP contribution >= 0.6 is 0 Å². The van der Waals surface area contributed by atoms with Crippen molar-refractivity contribution in [3.8, 4) is 17.2 Å². The second-order valence-electron chi connectivity index (χ2n) is 4.58. The Morgan fingerprint density at radius 3 is 2.62 bits per heavy atom. The fraction of sp³-hybridized carbons (Fsp3) is 0.0667. The topological polar surface area (TPSA) is 84.6 Å². The molecule has 0 unspecified atom stereocenters. The number of phenols is 1. The van der Waals surface area contributed by atoms with Crippen LogP contribution in [-0.2, 0) is 7.05 Å². The molecule has 2 N–H and O–H groups in total. The van der Waals surface area contributed by atoms with E-state index >= 15 is 0 Å². The number of rotatable bonds is 3. The summed E-state index contributed by atoms with van der Waals surface area (Å²) >= 11 is 0. The number of hydrogen-bond donors (Lipinski definition) is 2. The van der Waals surface area contributed by atoms with Crippen molar-refractivity contribution in [2.75, 3.05) is 0 Å². The van der Waals surface area contributed by atoms with Gasteiger partial charge in [-0.15, -0.1) is 0 Å². The van der Waals surface area contributed by atoms with E-state index in [2.05, 4.69) is 5.10 Å². The van der Waals surface area contributed by atoms with Crippen LogP contribution < -0.4 is 4.74 Å². The molecule has 1 heterocycles. The highest BCUT2D eigenvalue weighted by molar-refractivity contribution is 5.96.